The van der Waals surface area contributed by atoms with Crippen molar-refractivity contribution in [2.45, 2.75) is 44.1 Å². The fourth-order valence-corrected chi connectivity index (χ4v) is 5.74. The lowest BCUT2D eigenvalue weighted by atomic mass is 9.53. The largest absolute Gasteiger partial charge is 0.454 e. The first kappa shape index (κ1) is 17.3. The van der Waals surface area contributed by atoms with Crippen LogP contribution in [0.2, 0.25) is 0 Å². The van der Waals surface area contributed by atoms with E-state index in [0.29, 0.717) is 17.8 Å². The Morgan fingerprint density at radius 3 is 2.19 bits per heavy atom. The fourth-order valence-electron chi connectivity index (χ4n) is 5.74. The summed E-state index contributed by atoms with van der Waals surface area (Å²) in [5.41, 5.74) is -0.123. The van der Waals surface area contributed by atoms with E-state index in [2.05, 4.69) is 5.32 Å². The Labute approximate surface area is 152 Å². The summed E-state index contributed by atoms with van der Waals surface area (Å²) >= 11 is 0. The first-order valence-corrected chi connectivity index (χ1v) is 9.36. The molecule has 5 rings (SSSR count). The molecule has 0 spiro atoms. The minimum Gasteiger partial charge on any atom is -0.454 e. The predicted molar refractivity (Wildman–Crippen MR) is 89.7 cm³/mol. The lowest BCUT2D eigenvalue weighted by molar-refractivity contribution is -0.151. The number of amides is 4. The van der Waals surface area contributed by atoms with Gasteiger partial charge in [-0.05, 0) is 56.3 Å². The van der Waals surface area contributed by atoms with Gasteiger partial charge in [0.2, 0.25) is 0 Å². The third-order valence-electron chi connectivity index (χ3n) is 6.33. The lowest BCUT2D eigenvalue weighted by Crippen LogP contribution is -2.60. The number of ether oxygens (including phenoxy) is 1. The molecule has 4 saturated carbocycles. The van der Waals surface area contributed by atoms with E-state index in [1.165, 1.54) is 31.2 Å². The highest BCUT2D eigenvalue weighted by molar-refractivity contribution is 6.04. The van der Waals surface area contributed by atoms with Gasteiger partial charge in [0.15, 0.2) is 6.61 Å². The molecule has 1 heterocycles. The number of hydrogen-bond acceptors (Lipinski definition) is 5. The molecular weight excluding hydrogens is 338 g/mol. The maximum absolute atomic E-state index is 12.3. The number of urea groups is 1. The standard InChI is InChI=1S/C18H25N3O5/c1-20-8-15(23)21(17(20)25)9-16(24)26-10-14(22)19-18-5-11-2-12(6-18)4-13(3-11)7-18/h11-13H,2-10H2,1H3,(H,19,22). The van der Waals surface area contributed by atoms with Crippen LogP contribution in [0.4, 0.5) is 4.79 Å². The maximum Gasteiger partial charge on any atom is 0.327 e. The highest BCUT2D eigenvalue weighted by Crippen LogP contribution is 2.55. The number of carbonyl (C=O) groups excluding carboxylic acids is 4. The molecule has 4 bridgehead atoms. The molecule has 8 heteroatoms. The zero-order chi connectivity index (χ0) is 18.5. The van der Waals surface area contributed by atoms with Crippen molar-refractivity contribution in [3.63, 3.8) is 0 Å². The summed E-state index contributed by atoms with van der Waals surface area (Å²) in [5.74, 6) is 0.668. The first-order valence-electron chi connectivity index (χ1n) is 9.36. The van der Waals surface area contributed by atoms with Gasteiger partial charge in [-0.1, -0.05) is 0 Å². The lowest BCUT2D eigenvalue weighted by Gasteiger charge is -2.56. The summed E-state index contributed by atoms with van der Waals surface area (Å²) in [4.78, 5) is 49.7. The van der Waals surface area contributed by atoms with E-state index >= 15 is 0 Å². The van der Waals surface area contributed by atoms with Crippen LogP contribution in [0.15, 0.2) is 0 Å². The molecule has 142 valence electrons. The molecule has 5 fully saturated rings. The van der Waals surface area contributed by atoms with Crippen LogP contribution in [0.3, 0.4) is 0 Å². The summed E-state index contributed by atoms with van der Waals surface area (Å²) in [7, 11) is 1.49. The molecule has 1 saturated heterocycles. The smallest absolute Gasteiger partial charge is 0.327 e. The molecule has 0 aromatic heterocycles. The van der Waals surface area contributed by atoms with Gasteiger partial charge < -0.3 is 15.0 Å². The second kappa shape index (κ2) is 6.25. The minimum absolute atomic E-state index is 0.0430. The van der Waals surface area contributed by atoms with Gasteiger partial charge in [-0.25, -0.2) is 4.79 Å². The summed E-state index contributed by atoms with van der Waals surface area (Å²) < 4.78 is 5.00. The van der Waals surface area contributed by atoms with E-state index in [1.807, 2.05) is 0 Å². The molecule has 4 amide bonds. The van der Waals surface area contributed by atoms with Crippen LogP contribution in [0.5, 0.6) is 0 Å². The molecule has 8 nitrogen and oxygen atoms in total. The maximum atomic E-state index is 12.3. The van der Waals surface area contributed by atoms with E-state index in [-0.39, 0.29) is 24.6 Å². The van der Waals surface area contributed by atoms with Gasteiger partial charge >= 0.3 is 12.0 Å². The average Bonchev–Trinajstić information content (AvgIpc) is 2.77. The van der Waals surface area contributed by atoms with Gasteiger partial charge in [0.05, 0.1) is 0 Å². The van der Waals surface area contributed by atoms with Crippen molar-refractivity contribution in [2.24, 2.45) is 17.8 Å². The van der Waals surface area contributed by atoms with Gasteiger partial charge in [0, 0.05) is 12.6 Å². The van der Waals surface area contributed by atoms with Crippen molar-refractivity contribution in [3.05, 3.63) is 0 Å². The number of hydrogen-bond donors (Lipinski definition) is 1. The molecule has 0 radical (unpaired) electrons. The number of nitrogens with one attached hydrogen (secondary N) is 1. The van der Waals surface area contributed by atoms with E-state index in [1.54, 1.807) is 0 Å². The van der Waals surface area contributed by atoms with Gasteiger partial charge in [-0.3, -0.25) is 19.3 Å². The normalized spacial score (nSPS) is 35.2. The van der Waals surface area contributed by atoms with E-state index in [9.17, 15) is 19.2 Å². The molecule has 4 aliphatic carbocycles. The molecule has 0 aromatic carbocycles. The number of carbonyl (C=O) groups is 4. The molecule has 0 aromatic rings. The van der Waals surface area contributed by atoms with Crippen LogP contribution >= 0.6 is 0 Å². The zero-order valence-electron chi connectivity index (χ0n) is 15.0. The molecule has 26 heavy (non-hydrogen) atoms. The van der Waals surface area contributed by atoms with Crippen molar-refractivity contribution >= 4 is 23.8 Å². The van der Waals surface area contributed by atoms with Gasteiger partial charge in [-0.15, -0.1) is 0 Å². The Bertz CT molecular complexity index is 626. The van der Waals surface area contributed by atoms with Gasteiger partial charge in [0.1, 0.15) is 13.1 Å². The Morgan fingerprint density at radius 2 is 1.69 bits per heavy atom. The fraction of sp³-hybridized carbons (Fsp3) is 0.778. The summed E-state index contributed by atoms with van der Waals surface area (Å²) in [6, 6.07) is -0.523. The van der Waals surface area contributed by atoms with Crippen molar-refractivity contribution < 1.29 is 23.9 Å². The number of imide groups is 1. The Kier molecular flexibility index (Phi) is 4.16. The summed E-state index contributed by atoms with van der Waals surface area (Å²) in [6.07, 6.45) is 6.95. The quantitative estimate of drug-likeness (QED) is 0.567. The van der Waals surface area contributed by atoms with E-state index < -0.39 is 24.5 Å². The van der Waals surface area contributed by atoms with Crippen LogP contribution in [-0.4, -0.2) is 65.9 Å². The Balaban J connectivity index is 1.26. The number of nitrogens with zero attached hydrogens (tertiary/aromatic N) is 2. The van der Waals surface area contributed by atoms with E-state index in [0.717, 1.165) is 24.2 Å². The summed E-state index contributed by atoms with van der Waals surface area (Å²) in [6.45, 7) is -0.863. The number of rotatable bonds is 5. The summed E-state index contributed by atoms with van der Waals surface area (Å²) in [5, 5.41) is 3.13. The second-order valence-electron chi connectivity index (χ2n) is 8.53. The second-order valence-corrected chi connectivity index (χ2v) is 8.53. The van der Waals surface area contributed by atoms with Crippen LogP contribution in [0.1, 0.15) is 38.5 Å². The Morgan fingerprint density at radius 1 is 1.12 bits per heavy atom. The minimum atomic E-state index is -0.748. The van der Waals surface area contributed by atoms with Crippen molar-refractivity contribution in [2.75, 3.05) is 26.7 Å². The van der Waals surface area contributed by atoms with E-state index in [4.69, 9.17) is 4.74 Å². The monoisotopic (exact) mass is 363 g/mol. The molecule has 0 atom stereocenters. The molecule has 1 N–H and O–H groups in total. The van der Waals surface area contributed by atoms with Crippen LogP contribution < -0.4 is 5.32 Å². The zero-order valence-corrected chi connectivity index (χ0v) is 15.0. The number of esters is 1. The molecule has 5 aliphatic rings. The first-order chi connectivity index (χ1) is 12.3. The molecule has 1 aliphatic heterocycles. The SMILES string of the molecule is CN1CC(=O)N(CC(=O)OCC(=O)NC23CC4CC(CC(C4)C2)C3)C1=O. The highest BCUT2D eigenvalue weighted by Gasteiger charge is 2.51. The Hall–Kier alpha value is -2.12. The van der Waals surface area contributed by atoms with Crippen molar-refractivity contribution in [1.29, 1.82) is 0 Å². The van der Waals surface area contributed by atoms with Crippen molar-refractivity contribution in [1.82, 2.24) is 15.1 Å². The molecular formula is C18H25N3O5. The number of likely N-dealkylation sites (N-methyl/N-ethyl adjacent to an activating group) is 1. The van der Waals surface area contributed by atoms with Crippen molar-refractivity contribution in [3.8, 4) is 0 Å². The van der Waals surface area contributed by atoms with Gasteiger partial charge in [-0.2, -0.15) is 0 Å². The van der Waals surface area contributed by atoms with Crippen LogP contribution in [0, 0.1) is 17.8 Å². The highest BCUT2D eigenvalue weighted by atomic mass is 16.5. The third-order valence-corrected chi connectivity index (χ3v) is 6.33. The topological polar surface area (TPSA) is 96.0 Å². The van der Waals surface area contributed by atoms with Gasteiger partial charge in [0.25, 0.3) is 11.8 Å². The van der Waals surface area contributed by atoms with Crippen LogP contribution in [-0.2, 0) is 19.1 Å². The predicted octanol–water partition coefficient (Wildman–Crippen LogP) is 0.509. The average molecular weight is 363 g/mol. The van der Waals surface area contributed by atoms with Crippen LogP contribution in [0.25, 0.3) is 0 Å². The molecule has 0 unspecified atom stereocenters. The third kappa shape index (κ3) is 3.17.